The summed E-state index contributed by atoms with van der Waals surface area (Å²) in [5.74, 6) is -4.10. The second-order valence-corrected chi connectivity index (χ2v) is 6.31. The van der Waals surface area contributed by atoms with Gasteiger partial charge in [0, 0.05) is 18.7 Å². The van der Waals surface area contributed by atoms with E-state index in [2.05, 4.69) is 10.6 Å². The molecule has 2 aromatic rings. The molecule has 0 aliphatic rings. The first kappa shape index (κ1) is 22.8. The van der Waals surface area contributed by atoms with Crippen molar-refractivity contribution in [3.8, 4) is 23.0 Å². The van der Waals surface area contributed by atoms with Gasteiger partial charge in [0.05, 0.1) is 0 Å². The number of aliphatic carboxylic acids is 1. The molecule has 10 heteroatoms. The monoisotopic (exact) mass is 428 g/mol. The maximum atomic E-state index is 12.0. The number of carboxylic acid groups (broad SMARTS) is 1. The first-order chi connectivity index (χ1) is 14.7. The summed E-state index contributed by atoms with van der Waals surface area (Å²) in [6.45, 7) is -0.390. The van der Waals surface area contributed by atoms with Gasteiger partial charge in [0.2, 0.25) is 11.8 Å². The molecule has 162 valence electrons. The number of nitrogens with one attached hydrogen (secondary N) is 2. The molecule has 10 nitrogen and oxygen atoms in total. The first-order valence-electron chi connectivity index (χ1n) is 8.87. The van der Waals surface area contributed by atoms with E-state index in [0.29, 0.717) is 11.1 Å². The van der Waals surface area contributed by atoms with Crippen LogP contribution in [0.4, 0.5) is 0 Å². The van der Waals surface area contributed by atoms with Crippen LogP contribution in [0.3, 0.4) is 0 Å². The van der Waals surface area contributed by atoms with Gasteiger partial charge >= 0.3 is 5.97 Å². The van der Waals surface area contributed by atoms with Crippen molar-refractivity contribution in [3.63, 3.8) is 0 Å². The van der Waals surface area contributed by atoms with Crippen LogP contribution in [0.2, 0.25) is 0 Å². The molecular weight excluding hydrogens is 408 g/mol. The Kier molecular flexibility index (Phi) is 7.62. The number of hydrogen-bond donors (Lipinski definition) is 7. The van der Waals surface area contributed by atoms with Crippen LogP contribution < -0.4 is 10.6 Å². The number of phenolic OH excluding ortho intramolecular Hbond substituents is 4. The molecule has 0 aromatic heterocycles. The zero-order valence-corrected chi connectivity index (χ0v) is 16.0. The number of amides is 2. The molecule has 0 aliphatic heterocycles. The van der Waals surface area contributed by atoms with E-state index in [1.165, 1.54) is 48.6 Å². The van der Waals surface area contributed by atoms with Gasteiger partial charge < -0.3 is 36.2 Å². The Balaban J connectivity index is 1.90. The molecule has 0 saturated heterocycles. The molecular formula is C21H20N2O8. The first-order valence-corrected chi connectivity index (χ1v) is 8.87. The summed E-state index contributed by atoms with van der Waals surface area (Å²) in [5, 5.41) is 51.1. The number of hydrogen-bond acceptors (Lipinski definition) is 7. The lowest BCUT2D eigenvalue weighted by Crippen LogP contribution is -2.47. The fourth-order valence-corrected chi connectivity index (χ4v) is 2.31. The molecule has 2 amide bonds. The van der Waals surface area contributed by atoms with Crippen LogP contribution in [0.15, 0.2) is 48.6 Å². The molecule has 0 bridgehead atoms. The van der Waals surface area contributed by atoms with E-state index < -0.39 is 23.8 Å². The molecule has 2 rings (SSSR count). The van der Waals surface area contributed by atoms with Crippen molar-refractivity contribution < 1.29 is 39.9 Å². The van der Waals surface area contributed by atoms with Gasteiger partial charge in [-0.15, -0.1) is 0 Å². The summed E-state index contributed by atoms with van der Waals surface area (Å²) in [7, 11) is 0. The van der Waals surface area contributed by atoms with Gasteiger partial charge in [-0.2, -0.15) is 0 Å². The Morgan fingerprint density at radius 2 is 1.26 bits per heavy atom. The molecule has 0 saturated carbocycles. The van der Waals surface area contributed by atoms with Gasteiger partial charge in [-0.25, -0.2) is 4.79 Å². The summed E-state index contributed by atoms with van der Waals surface area (Å²) >= 11 is 0. The molecule has 7 N–H and O–H groups in total. The molecule has 1 atom stereocenters. The highest BCUT2D eigenvalue weighted by molar-refractivity contribution is 5.95. The second kappa shape index (κ2) is 10.3. The quantitative estimate of drug-likeness (QED) is 0.240. The van der Waals surface area contributed by atoms with Gasteiger partial charge in [0.15, 0.2) is 23.0 Å². The SMILES string of the molecule is O=C(/C=C\c1ccc(O)c(O)c1)NC(CNC(=O)/C=C/c1ccc(O)c(O)c1)C(=O)O. The molecule has 0 heterocycles. The maximum Gasteiger partial charge on any atom is 0.328 e. The van der Waals surface area contributed by atoms with Gasteiger partial charge in [-0.05, 0) is 47.5 Å². The molecule has 0 radical (unpaired) electrons. The Labute approximate surface area is 176 Å². The number of benzene rings is 2. The predicted molar refractivity (Wildman–Crippen MR) is 110 cm³/mol. The van der Waals surface area contributed by atoms with Crippen LogP contribution in [0.5, 0.6) is 23.0 Å². The zero-order chi connectivity index (χ0) is 23.0. The van der Waals surface area contributed by atoms with Crippen LogP contribution in [-0.2, 0) is 14.4 Å². The number of aromatic hydroxyl groups is 4. The summed E-state index contributed by atoms with van der Waals surface area (Å²) in [4.78, 5) is 35.2. The minimum Gasteiger partial charge on any atom is -0.504 e. The van der Waals surface area contributed by atoms with E-state index in [1.54, 1.807) is 0 Å². The highest BCUT2D eigenvalue weighted by Gasteiger charge is 2.19. The standard InChI is InChI=1S/C21H20N2O8/c24-15-5-1-12(9-17(15)26)3-7-19(28)22-11-14(21(30)31)23-20(29)8-4-13-2-6-16(25)18(27)10-13/h1-10,14,24-27H,11H2,(H,22,28)(H,23,29)(H,30,31)/b7-3+,8-4-. The van der Waals surface area contributed by atoms with Gasteiger partial charge in [0.1, 0.15) is 6.04 Å². The fourth-order valence-electron chi connectivity index (χ4n) is 2.31. The average molecular weight is 428 g/mol. The van der Waals surface area contributed by atoms with E-state index in [1.807, 2.05) is 0 Å². The third-order valence-corrected chi connectivity index (χ3v) is 3.95. The Bertz CT molecular complexity index is 1050. The molecule has 0 spiro atoms. The Morgan fingerprint density at radius 1 is 0.774 bits per heavy atom. The minimum absolute atomic E-state index is 0.307. The minimum atomic E-state index is -1.40. The van der Waals surface area contributed by atoms with Crippen molar-refractivity contribution in [1.82, 2.24) is 10.6 Å². The molecule has 1 unspecified atom stereocenters. The van der Waals surface area contributed by atoms with Crippen molar-refractivity contribution in [2.24, 2.45) is 0 Å². The van der Waals surface area contributed by atoms with Crippen molar-refractivity contribution in [2.45, 2.75) is 6.04 Å². The Hall–Kier alpha value is -4.47. The highest BCUT2D eigenvalue weighted by Crippen LogP contribution is 2.26. The molecule has 0 fully saturated rings. The number of carboxylic acids is 1. The third-order valence-electron chi connectivity index (χ3n) is 3.95. The molecule has 31 heavy (non-hydrogen) atoms. The lowest BCUT2D eigenvalue weighted by Gasteiger charge is -2.13. The van der Waals surface area contributed by atoms with Gasteiger partial charge in [-0.3, -0.25) is 9.59 Å². The maximum absolute atomic E-state index is 12.0. The van der Waals surface area contributed by atoms with E-state index in [-0.39, 0.29) is 29.5 Å². The van der Waals surface area contributed by atoms with Crippen molar-refractivity contribution >= 4 is 29.9 Å². The summed E-state index contributed by atoms with van der Waals surface area (Å²) in [6, 6.07) is 6.42. The summed E-state index contributed by atoms with van der Waals surface area (Å²) < 4.78 is 0. The number of phenols is 4. The summed E-state index contributed by atoms with van der Waals surface area (Å²) in [6.07, 6.45) is 4.80. The largest absolute Gasteiger partial charge is 0.504 e. The number of carbonyl (C=O) groups excluding carboxylic acids is 2. The zero-order valence-electron chi connectivity index (χ0n) is 16.0. The van der Waals surface area contributed by atoms with Crippen molar-refractivity contribution in [1.29, 1.82) is 0 Å². The third kappa shape index (κ3) is 7.13. The van der Waals surface area contributed by atoms with Crippen LogP contribution in [0.25, 0.3) is 12.2 Å². The van der Waals surface area contributed by atoms with Crippen LogP contribution in [0.1, 0.15) is 11.1 Å². The Morgan fingerprint density at radius 3 is 1.71 bits per heavy atom. The van der Waals surface area contributed by atoms with E-state index in [9.17, 15) is 39.9 Å². The lowest BCUT2D eigenvalue weighted by molar-refractivity contribution is -0.141. The average Bonchev–Trinajstić information content (AvgIpc) is 2.72. The highest BCUT2D eigenvalue weighted by atomic mass is 16.4. The smallest absolute Gasteiger partial charge is 0.328 e. The lowest BCUT2D eigenvalue weighted by atomic mass is 10.2. The normalized spacial score (nSPS) is 12.0. The van der Waals surface area contributed by atoms with Crippen LogP contribution >= 0.6 is 0 Å². The fraction of sp³-hybridized carbons (Fsp3) is 0.0952. The molecule has 0 aliphatic carbocycles. The van der Waals surface area contributed by atoms with Crippen molar-refractivity contribution in [3.05, 3.63) is 59.7 Å². The van der Waals surface area contributed by atoms with E-state index in [0.717, 1.165) is 12.2 Å². The van der Waals surface area contributed by atoms with Gasteiger partial charge in [-0.1, -0.05) is 12.1 Å². The van der Waals surface area contributed by atoms with Crippen molar-refractivity contribution in [2.75, 3.05) is 6.54 Å². The number of rotatable bonds is 8. The van der Waals surface area contributed by atoms with E-state index in [4.69, 9.17) is 0 Å². The van der Waals surface area contributed by atoms with Gasteiger partial charge in [0.25, 0.3) is 0 Å². The topological polar surface area (TPSA) is 176 Å². The van der Waals surface area contributed by atoms with Crippen LogP contribution in [0, 0.1) is 0 Å². The van der Waals surface area contributed by atoms with Crippen LogP contribution in [-0.4, -0.2) is 55.9 Å². The molecule has 2 aromatic carbocycles. The summed E-state index contributed by atoms with van der Waals surface area (Å²) in [5.41, 5.74) is 0.829. The second-order valence-electron chi connectivity index (χ2n) is 6.31. The number of carbonyl (C=O) groups is 3. The predicted octanol–water partition coefficient (Wildman–Crippen LogP) is 0.921. The van der Waals surface area contributed by atoms with E-state index >= 15 is 0 Å².